The molecule has 0 bridgehead atoms. The molecule has 18 heavy (non-hydrogen) atoms. The van der Waals surface area contributed by atoms with Gasteiger partial charge < -0.3 is 10.6 Å². The number of benzene rings is 1. The first-order valence-electron chi connectivity index (χ1n) is 6.32. The standard InChI is InChI=1S/C14H18BrN3/c1-10-2-3-12(8-17)9-18(10)14-5-4-11(7-16)6-13(14)15/h4-6,10,12H,2-3,8-9,17H2,1H3. The van der Waals surface area contributed by atoms with Crippen molar-refractivity contribution in [1.29, 1.82) is 5.26 Å². The van der Waals surface area contributed by atoms with Gasteiger partial charge in [0, 0.05) is 17.1 Å². The predicted molar refractivity (Wildman–Crippen MR) is 77.4 cm³/mol. The third kappa shape index (κ3) is 2.68. The Balaban J connectivity index is 2.26. The Bertz CT molecular complexity index is 467. The predicted octanol–water partition coefficient (Wildman–Crippen LogP) is 2.88. The van der Waals surface area contributed by atoms with E-state index in [0.717, 1.165) is 17.6 Å². The molecule has 0 saturated carbocycles. The molecule has 1 aromatic rings. The number of hydrogen-bond acceptors (Lipinski definition) is 3. The van der Waals surface area contributed by atoms with Crippen LogP contribution in [0, 0.1) is 17.2 Å². The topological polar surface area (TPSA) is 53.0 Å². The highest BCUT2D eigenvalue weighted by molar-refractivity contribution is 9.10. The number of anilines is 1. The van der Waals surface area contributed by atoms with Crippen molar-refractivity contribution < 1.29 is 0 Å². The van der Waals surface area contributed by atoms with Crippen molar-refractivity contribution >= 4 is 21.6 Å². The van der Waals surface area contributed by atoms with E-state index in [1.807, 2.05) is 18.2 Å². The zero-order chi connectivity index (χ0) is 13.1. The molecule has 1 aromatic carbocycles. The molecule has 2 N–H and O–H groups in total. The molecule has 0 aliphatic carbocycles. The Kier molecular flexibility index (Phi) is 4.26. The summed E-state index contributed by atoms with van der Waals surface area (Å²) in [6.07, 6.45) is 2.39. The van der Waals surface area contributed by atoms with Crippen LogP contribution < -0.4 is 10.6 Å². The summed E-state index contributed by atoms with van der Waals surface area (Å²) in [6, 6.07) is 8.47. The van der Waals surface area contributed by atoms with Gasteiger partial charge in [-0.1, -0.05) is 0 Å². The van der Waals surface area contributed by atoms with Crippen molar-refractivity contribution in [1.82, 2.24) is 0 Å². The number of rotatable bonds is 2. The smallest absolute Gasteiger partial charge is 0.0992 e. The van der Waals surface area contributed by atoms with E-state index >= 15 is 0 Å². The lowest BCUT2D eigenvalue weighted by molar-refractivity contribution is 0.373. The lowest BCUT2D eigenvalue weighted by Crippen LogP contribution is -2.44. The lowest BCUT2D eigenvalue weighted by Gasteiger charge is -2.40. The van der Waals surface area contributed by atoms with Crippen molar-refractivity contribution in [2.24, 2.45) is 11.7 Å². The van der Waals surface area contributed by atoms with E-state index in [0.29, 0.717) is 17.5 Å². The van der Waals surface area contributed by atoms with E-state index in [9.17, 15) is 0 Å². The minimum absolute atomic E-state index is 0.525. The van der Waals surface area contributed by atoms with Crippen molar-refractivity contribution in [2.45, 2.75) is 25.8 Å². The van der Waals surface area contributed by atoms with Crippen molar-refractivity contribution in [3.8, 4) is 6.07 Å². The summed E-state index contributed by atoms with van der Waals surface area (Å²) in [5.41, 5.74) is 7.64. The van der Waals surface area contributed by atoms with Gasteiger partial charge in [-0.2, -0.15) is 5.26 Å². The van der Waals surface area contributed by atoms with Crippen LogP contribution in [0.2, 0.25) is 0 Å². The molecule has 4 heteroatoms. The molecule has 1 aliphatic heterocycles. The quantitative estimate of drug-likeness (QED) is 0.914. The van der Waals surface area contributed by atoms with Crippen molar-refractivity contribution in [3.05, 3.63) is 28.2 Å². The Labute approximate surface area is 117 Å². The van der Waals surface area contributed by atoms with Gasteiger partial charge in [-0.15, -0.1) is 0 Å². The van der Waals surface area contributed by atoms with Gasteiger partial charge in [-0.05, 0) is 66.4 Å². The van der Waals surface area contributed by atoms with E-state index in [-0.39, 0.29) is 0 Å². The summed E-state index contributed by atoms with van der Waals surface area (Å²) < 4.78 is 0.992. The molecule has 0 aromatic heterocycles. The maximum atomic E-state index is 8.89. The van der Waals surface area contributed by atoms with Gasteiger partial charge in [-0.25, -0.2) is 0 Å². The Morgan fingerprint density at radius 3 is 2.89 bits per heavy atom. The number of nitrogens with zero attached hydrogens (tertiary/aromatic N) is 2. The van der Waals surface area contributed by atoms with Gasteiger partial charge in [0.1, 0.15) is 0 Å². The minimum atomic E-state index is 0.525. The first kappa shape index (κ1) is 13.4. The highest BCUT2D eigenvalue weighted by atomic mass is 79.9. The number of hydrogen-bond donors (Lipinski definition) is 1. The fraction of sp³-hybridized carbons (Fsp3) is 0.500. The summed E-state index contributed by atoms with van der Waals surface area (Å²) in [5.74, 6) is 0.573. The molecular formula is C14H18BrN3. The minimum Gasteiger partial charge on any atom is -0.368 e. The molecular weight excluding hydrogens is 290 g/mol. The molecule has 1 fully saturated rings. The number of piperidine rings is 1. The largest absolute Gasteiger partial charge is 0.368 e. The molecule has 1 saturated heterocycles. The normalized spacial score (nSPS) is 23.8. The first-order chi connectivity index (χ1) is 8.65. The SMILES string of the molecule is CC1CCC(CN)CN1c1ccc(C#N)cc1Br. The molecule has 0 spiro atoms. The molecule has 2 atom stereocenters. The first-order valence-corrected chi connectivity index (χ1v) is 7.11. The maximum absolute atomic E-state index is 8.89. The second-order valence-electron chi connectivity index (χ2n) is 4.96. The van der Waals surface area contributed by atoms with E-state index in [4.69, 9.17) is 11.0 Å². The molecule has 1 aliphatic rings. The number of nitrogens with two attached hydrogens (primary N) is 1. The zero-order valence-electron chi connectivity index (χ0n) is 10.6. The fourth-order valence-electron chi connectivity index (χ4n) is 2.52. The molecule has 2 unspecified atom stereocenters. The van der Waals surface area contributed by atoms with Crippen molar-refractivity contribution in [3.63, 3.8) is 0 Å². The van der Waals surface area contributed by atoms with Crippen LogP contribution in [0.4, 0.5) is 5.69 Å². The van der Waals surface area contributed by atoms with Crippen LogP contribution in [-0.2, 0) is 0 Å². The van der Waals surface area contributed by atoms with Crippen LogP contribution in [0.5, 0.6) is 0 Å². The third-order valence-electron chi connectivity index (χ3n) is 3.70. The third-order valence-corrected chi connectivity index (χ3v) is 4.33. The Morgan fingerprint density at radius 2 is 2.28 bits per heavy atom. The number of halogens is 1. The van der Waals surface area contributed by atoms with Crippen LogP contribution in [0.25, 0.3) is 0 Å². The zero-order valence-corrected chi connectivity index (χ0v) is 12.2. The summed E-state index contributed by atoms with van der Waals surface area (Å²) >= 11 is 3.57. The van der Waals surface area contributed by atoms with Gasteiger partial charge in [-0.3, -0.25) is 0 Å². The Morgan fingerprint density at radius 1 is 1.50 bits per heavy atom. The molecule has 0 radical (unpaired) electrons. The Hall–Kier alpha value is -1.05. The molecule has 96 valence electrons. The van der Waals surface area contributed by atoms with Crippen molar-refractivity contribution in [2.75, 3.05) is 18.0 Å². The van der Waals surface area contributed by atoms with Gasteiger partial charge in [0.05, 0.1) is 17.3 Å². The summed E-state index contributed by atoms with van der Waals surface area (Å²) in [4.78, 5) is 2.40. The van der Waals surface area contributed by atoms with Crippen LogP contribution in [0.15, 0.2) is 22.7 Å². The van der Waals surface area contributed by atoms with Crippen LogP contribution >= 0.6 is 15.9 Å². The molecule has 0 amide bonds. The van der Waals surface area contributed by atoms with Gasteiger partial charge in [0.15, 0.2) is 0 Å². The average molecular weight is 308 g/mol. The fourth-order valence-corrected chi connectivity index (χ4v) is 3.13. The van der Waals surface area contributed by atoms with Gasteiger partial charge in [0.25, 0.3) is 0 Å². The highest BCUT2D eigenvalue weighted by Crippen LogP contribution is 2.33. The highest BCUT2D eigenvalue weighted by Gasteiger charge is 2.25. The van der Waals surface area contributed by atoms with E-state index in [1.54, 1.807) is 0 Å². The number of nitriles is 1. The van der Waals surface area contributed by atoms with Crippen LogP contribution in [0.1, 0.15) is 25.3 Å². The summed E-state index contributed by atoms with van der Waals surface area (Å²) in [6.45, 7) is 4.00. The average Bonchev–Trinajstić information content (AvgIpc) is 2.39. The monoisotopic (exact) mass is 307 g/mol. The maximum Gasteiger partial charge on any atom is 0.0992 e. The van der Waals surface area contributed by atoms with Crippen LogP contribution in [-0.4, -0.2) is 19.1 Å². The van der Waals surface area contributed by atoms with Gasteiger partial charge >= 0.3 is 0 Å². The second-order valence-corrected chi connectivity index (χ2v) is 5.81. The van der Waals surface area contributed by atoms with Crippen LogP contribution in [0.3, 0.4) is 0 Å². The summed E-state index contributed by atoms with van der Waals surface area (Å²) in [5, 5.41) is 8.89. The summed E-state index contributed by atoms with van der Waals surface area (Å²) in [7, 11) is 0. The van der Waals surface area contributed by atoms with Gasteiger partial charge in [0.2, 0.25) is 0 Å². The van der Waals surface area contributed by atoms with E-state index in [1.165, 1.54) is 18.5 Å². The molecule has 3 nitrogen and oxygen atoms in total. The molecule has 2 rings (SSSR count). The molecule has 1 heterocycles. The van der Waals surface area contributed by atoms with E-state index in [2.05, 4.69) is 33.8 Å². The second kappa shape index (κ2) is 5.73. The lowest BCUT2D eigenvalue weighted by atomic mass is 9.93. The van der Waals surface area contributed by atoms with E-state index < -0.39 is 0 Å².